The number of aliphatic hydroxyl groups excluding tert-OH is 1. The fraction of sp³-hybridized carbons (Fsp3) is 1.00. The fourth-order valence-electron chi connectivity index (χ4n) is 1.71. The second-order valence-electron chi connectivity index (χ2n) is 3.93. The molecular formula is C10H21NO2. The van der Waals surface area contributed by atoms with Crippen LogP contribution in [0.1, 0.15) is 26.7 Å². The van der Waals surface area contributed by atoms with Gasteiger partial charge in [0.05, 0.1) is 6.61 Å². The minimum absolute atomic E-state index is 0.235. The Balaban J connectivity index is 2.02. The molecule has 1 rings (SSSR count). The minimum Gasteiger partial charge on any atom is -0.396 e. The molecule has 1 fully saturated rings. The molecule has 1 aliphatic heterocycles. The number of likely N-dealkylation sites (tertiary alicyclic amines) is 1. The van der Waals surface area contributed by atoms with E-state index in [1.54, 1.807) is 0 Å². The van der Waals surface area contributed by atoms with Crippen molar-refractivity contribution >= 4 is 0 Å². The van der Waals surface area contributed by atoms with Crippen LogP contribution in [0, 0.1) is 0 Å². The van der Waals surface area contributed by atoms with Crippen molar-refractivity contribution < 1.29 is 9.84 Å². The van der Waals surface area contributed by atoms with Crippen LogP contribution in [0.15, 0.2) is 0 Å². The third-order valence-electron chi connectivity index (χ3n) is 2.61. The summed E-state index contributed by atoms with van der Waals surface area (Å²) in [5, 5.41) is 8.55. The molecule has 13 heavy (non-hydrogen) atoms. The van der Waals surface area contributed by atoms with Gasteiger partial charge >= 0.3 is 0 Å². The number of hydrogen-bond acceptors (Lipinski definition) is 3. The van der Waals surface area contributed by atoms with Crippen molar-refractivity contribution in [2.45, 2.75) is 38.8 Å². The summed E-state index contributed by atoms with van der Waals surface area (Å²) in [7, 11) is 0. The summed E-state index contributed by atoms with van der Waals surface area (Å²) >= 11 is 0. The van der Waals surface area contributed by atoms with E-state index in [0.29, 0.717) is 18.7 Å². The maximum Gasteiger partial charge on any atom is 0.0622 e. The SMILES string of the molecule is CC(C)N1CCC1COCCCO. The molecule has 0 bridgehead atoms. The maximum atomic E-state index is 8.55. The van der Waals surface area contributed by atoms with Crippen LogP contribution >= 0.6 is 0 Å². The standard InChI is InChI=1S/C10H21NO2/c1-9(2)11-5-4-10(11)8-13-7-3-6-12/h9-10,12H,3-8H2,1-2H3. The molecule has 1 heterocycles. The Hall–Kier alpha value is -0.120. The Kier molecular flexibility index (Phi) is 4.70. The lowest BCUT2D eigenvalue weighted by Crippen LogP contribution is -2.53. The van der Waals surface area contributed by atoms with Crippen molar-refractivity contribution in [3.63, 3.8) is 0 Å². The Labute approximate surface area is 80.7 Å². The number of hydrogen-bond donors (Lipinski definition) is 1. The Morgan fingerprint density at radius 3 is 2.77 bits per heavy atom. The quantitative estimate of drug-likeness (QED) is 0.626. The summed E-state index contributed by atoms with van der Waals surface area (Å²) in [5.41, 5.74) is 0. The average molecular weight is 187 g/mol. The predicted molar refractivity (Wildman–Crippen MR) is 52.8 cm³/mol. The first-order valence-corrected chi connectivity index (χ1v) is 5.20. The zero-order valence-electron chi connectivity index (χ0n) is 8.70. The molecule has 0 spiro atoms. The summed E-state index contributed by atoms with van der Waals surface area (Å²) in [6, 6.07) is 1.26. The normalized spacial score (nSPS) is 23.5. The van der Waals surface area contributed by atoms with Gasteiger partial charge in [-0.15, -0.1) is 0 Å². The summed E-state index contributed by atoms with van der Waals surface area (Å²) in [6.45, 7) is 7.42. The smallest absolute Gasteiger partial charge is 0.0622 e. The summed E-state index contributed by atoms with van der Waals surface area (Å²) in [5.74, 6) is 0. The van der Waals surface area contributed by atoms with Crippen molar-refractivity contribution in [3.8, 4) is 0 Å². The van der Waals surface area contributed by atoms with Crippen molar-refractivity contribution in [2.75, 3.05) is 26.4 Å². The molecule has 0 saturated carbocycles. The van der Waals surface area contributed by atoms with Crippen LogP contribution in [0.4, 0.5) is 0 Å². The van der Waals surface area contributed by atoms with Crippen molar-refractivity contribution in [1.29, 1.82) is 0 Å². The van der Waals surface area contributed by atoms with Gasteiger partial charge in [0.25, 0.3) is 0 Å². The van der Waals surface area contributed by atoms with Gasteiger partial charge in [-0.05, 0) is 26.7 Å². The molecular weight excluding hydrogens is 166 g/mol. The van der Waals surface area contributed by atoms with Gasteiger partial charge in [-0.1, -0.05) is 0 Å². The number of rotatable bonds is 6. The van der Waals surface area contributed by atoms with E-state index in [1.165, 1.54) is 13.0 Å². The van der Waals surface area contributed by atoms with Crippen molar-refractivity contribution in [2.24, 2.45) is 0 Å². The Morgan fingerprint density at radius 2 is 2.31 bits per heavy atom. The highest BCUT2D eigenvalue weighted by atomic mass is 16.5. The fourth-order valence-corrected chi connectivity index (χ4v) is 1.71. The molecule has 78 valence electrons. The zero-order valence-corrected chi connectivity index (χ0v) is 8.70. The van der Waals surface area contributed by atoms with Crippen LogP contribution < -0.4 is 0 Å². The van der Waals surface area contributed by atoms with Gasteiger partial charge < -0.3 is 9.84 Å². The lowest BCUT2D eigenvalue weighted by molar-refractivity contribution is -0.0151. The third-order valence-corrected chi connectivity index (χ3v) is 2.61. The van der Waals surface area contributed by atoms with E-state index in [-0.39, 0.29) is 6.61 Å². The van der Waals surface area contributed by atoms with Gasteiger partial charge in [0.15, 0.2) is 0 Å². The van der Waals surface area contributed by atoms with E-state index in [0.717, 1.165) is 13.0 Å². The van der Waals surface area contributed by atoms with Gasteiger partial charge in [-0.25, -0.2) is 0 Å². The van der Waals surface area contributed by atoms with Crippen LogP contribution in [-0.4, -0.2) is 48.5 Å². The molecule has 1 N–H and O–H groups in total. The largest absolute Gasteiger partial charge is 0.396 e. The monoisotopic (exact) mass is 187 g/mol. The van der Waals surface area contributed by atoms with E-state index in [9.17, 15) is 0 Å². The van der Waals surface area contributed by atoms with E-state index < -0.39 is 0 Å². The summed E-state index contributed by atoms with van der Waals surface area (Å²) in [6.07, 6.45) is 2.02. The van der Waals surface area contributed by atoms with E-state index in [4.69, 9.17) is 9.84 Å². The highest BCUT2D eigenvalue weighted by Gasteiger charge is 2.29. The Morgan fingerprint density at radius 1 is 1.54 bits per heavy atom. The van der Waals surface area contributed by atoms with Crippen molar-refractivity contribution in [1.82, 2.24) is 4.90 Å². The highest BCUT2D eigenvalue weighted by Crippen LogP contribution is 2.20. The van der Waals surface area contributed by atoms with Gasteiger partial charge in [0.2, 0.25) is 0 Å². The maximum absolute atomic E-state index is 8.55. The third kappa shape index (κ3) is 3.25. The number of nitrogens with zero attached hydrogens (tertiary/aromatic N) is 1. The second kappa shape index (κ2) is 5.58. The summed E-state index contributed by atoms with van der Waals surface area (Å²) < 4.78 is 5.46. The minimum atomic E-state index is 0.235. The molecule has 0 aromatic heterocycles. The first kappa shape index (κ1) is 11.0. The van der Waals surface area contributed by atoms with Gasteiger partial charge in [0, 0.05) is 31.8 Å². The first-order chi connectivity index (χ1) is 6.25. The first-order valence-electron chi connectivity index (χ1n) is 5.20. The lowest BCUT2D eigenvalue weighted by atomic mass is 10.0. The topological polar surface area (TPSA) is 32.7 Å². The van der Waals surface area contributed by atoms with Crippen LogP contribution in [0.25, 0.3) is 0 Å². The molecule has 3 nitrogen and oxygen atoms in total. The highest BCUT2D eigenvalue weighted by molar-refractivity contribution is 4.84. The molecule has 0 aromatic carbocycles. The summed E-state index contributed by atoms with van der Waals surface area (Å²) in [4.78, 5) is 2.46. The van der Waals surface area contributed by atoms with E-state index in [2.05, 4.69) is 18.7 Å². The van der Waals surface area contributed by atoms with Crippen LogP contribution in [0.2, 0.25) is 0 Å². The molecule has 1 aliphatic rings. The zero-order chi connectivity index (χ0) is 9.68. The van der Waals surface area contributed by atoms with Gasteiger partial charge in [0.1, 0.15) is 0 Å². The van der Waals surface area contributed by atoms with E-state index >= 15 is 0 Å². The number of aliphatic hydroxyl groups is 1. The molecule has 1 atom stereocenters. The van der Waals surface area contributed by atoms with E-state index in [1.807, 2.05) is 0 Å². The number of ether oxygens (including phenoxy) is 1. The van der Waals surface area contributed by atoms with Crippen LogP contribution in [0.3, 0.4) is 0 Å². The van der Waals surface area contributed by atoms with Gasteiger partial charge in [-0.2, -0.15) is 0 Å². The molecule has 0 radical (unpaired) electrons. The molecule has 0 amide bonds. The molecule has 1 unspecified atom stereocenters. The molecule has 3 heteroatoms. The second-order valence-corrected chi connectivity index (χ2v) is 3.93. The predicted octanol–water partition coefficient (Wildman–Crippen LogP) is 0.868. The van der Waals surface area contributed by atoms with Crippen LogP contribution in [-0.2, 0) is 4.74 Å². The molecule has 1 saturated heterocycles. The molecule has 0 aliphatic carbocycles. The van der Waals surface area contributed by atoms with Crippen molar-refractivity contribution in [3.05, 3.63) is 0 Å². The van der Waals surface area contributed by atoms with Gasteiger partial charge in [-0.3, -0.25) is 4.90 Å². The van der Waals surface area contributed by atoms with Crippen LogP contribution in [0.5, 0.6) is 0 Å². The Bertz CT molecular complexity index is 139. The lowest BCUT2D eigenvalue weighted by Gasteiger charge is -2.43. The molecule has 0 aromatic rings. The average Bonchev–Trinajstić information content (AvgIpc) is 2.01.